The molecule has 0 spiro atoms. The molecule has 0 aliphatic heterocycles. The van der Waals surface area contributed by atoms with Crippen molar-refractivity contribution in [2.45, 2.75) is 58.2 Å². The lowest BCUT2D eigenvalue weighted by Crippen LogP contribution is -2.21. The van der Waals surface area contributed by atoms with Gasteiger partial charge in [0.1, 0.15) is 19.0 Å². The van der Waals surface area contributed by atoms with Crippen molar-refractivity contribution in [2.24, 2.45) is 0 Å². The van der Waals surface area contributed by atoms with E-state index in [9.17, 15) is 29.5 Å². The molecule has 3 aromatic carbocycles. The minimum absolute atomic E-state index is 0.0810. The predicted molar refractivity (Wildman–Crippen MR) is 156 cm³/mol. The molecule has 0 amide bonds. The Labute approximate surface area is 242 Å². The zero-order valence-electron chi connectivity index (χ0n) is 23.4. The number of hydrogen-bond acceptors (Lipinski definition) is 7. The van der Waals surface area contributed by atoms with E-state index in [1.807, 2.05) is 24.3 Å². The summed E-state index contributed by atoms with van der Waals surface area (Å²) >= 11 is 0. The lowest BCUT2D eigenvalue weighted by molar-refractivity contribution is -0.763. The van der Waals surface area contributed by atoms with Gasteiger partial charge in [-0.1, -0.05) is 60.7 Å². The predicted octanol–water partition coefficient (Wildman–Crippen LogP) is 6.00. The highest BCUT2D eigenvalue weighted by Crippen LogP contribution is 2.38. The Morgan fingerprint density at radius 1 is 1.00 bits per heavy atom. The average Bonchev–Trinajstić information content (AvgIpc) is 3.29. The number of para-hydroxylation sites is 1. The van der Waals surface area contributed by atoms with Gasteiger partial charge < -0.3 is 24.4 Å². The van der Waals surface area contributed by atoms with Gasteiger partial charge in [-0.15, -0.1) is 10.1 Å². The minimum Gasteiger partial charge on any atom is -0.461 e. The molecule has 9 nitrogen and oxygen atoms in total. The monoisotopic (exact) mass is 576 g/mol. The number of nitrogens with zero attached hydrogens (tertiary/aromatic N) is 2. The minimum atomic E-state index is -1.17. The molecule has 0 bridgehead atoms. The van der Waals surface area contributed by atoms with Crippen LogP contribution >= 0.6 is 0 Å². The topological polar surface area (TPSA) is 124 Å². The molecule has 220 valence electrons. The third-order valence-electron chi connectivity index (χ3n) is 6.82. The van der Waals surface area contributed by atoms with E-state index in [0.717, 1.165) is 27.7 Å². The molecule has 4 rings (SSSR count). The van der Waals surface area contributed by atoms with Gasteiger partial charge in [-0.3, -0.25) is 4.79 Å². The SMILES string of the molecule is CC(C)n1c(C=C[C@H](O)C[C@H](O)CC(=O)OCc2ccccc2CO[N+](=O)[O-])c(-c2ccc(F)cc2)c2ccccc21. The fourth-order valence-corrected chi connectivity index (χ4v) is 4.94. The maximum Gasteiger partial charge on any atom is 0.308 e. The van der Waals surface area contributed by atoms with E-state index < -0.39 is 23.3 Å². The number of halogens is 1. The van der Waals surface area contributed by atoms with Crippen molar-refractivity contribution < 1.29 is 34.1 Å². The maximum absolute atomic E-state index is 13.7. The number of aliphatic hydroxyl groups excluding tert-OH is 2. The van der Waals surface area contributed by atoms with E-state index in [0.29, 0.717) is 11.1 Å². The van der Waals surface area contributed by atoms with Gasteiger partial charge in [0.15, 0.2) is 0 Å². The van der Waals surface area contributed by atoms with Gasteiger partial charge in [0.2, 0.25) is 0 Å². The van der Waals surface area contributed by atoms with Crippen molar-refractivity contribution in [3.8, 4) is 11.1 Å². The number of carbonyl (C=O) groups is 1. The van der Waals surface area contributed by atoms with Crippen LogP contribution in [-0.2, 0) is 27.6 Å². The molecule has 2 N–H and O–H groups in total. The zero-order valence-corrected chi connectivity index (χ0v) is 23.4. The van der Waals surface area contributed by atoms with Crippen LogP contribution in [0.15, 0.2) is 78.9 Å². The van der Waals surface area contributed by atoms with Crippen molar-refractivity contribution in [3.05, 3.63) is 112 Å². The van der Waals surface area contributed by atoms with Crippen molar-refractivity contribution >= 4 is 22.9 Å². The molecule has 4 aromatic rings. The molecule has 1 aromatic heterocycles. The summed E-state index contributed by atoms with van der Waals surface area (Å²) in [6.45, 7) is 3.69. The van der Waals surface area contributed by atoms with Gasteiger partial charge >= 0.3 is 5.97 Å². The molecule has 0 aliphatic rings. The highest BCUT2D eigenvalue weighted by atomic mass is 19.1. The molecular weight excluding hydrogens is 543 g/mol. The normalized spacial score (nSPS) is 13.0. The van der Waals surface area contributed by atoms with Crippen LogP contribution in [-0.4, -0.2) is 38.0 Å². The summed E-state index contributed by atoms with van der Waals surface area (Å²) < 4.78 is 21.1. The third kappa shape index (κ3) is 7.59. The van der Waals surface area contributed by atoms with Crippen LogP contribution < -0.4 is 0 Å². The Kier molecular flexibility index (Phi) is 10.1. The van der Waals surface area contributed by atoms with Crippen LogP contribution in [0.2, 0.25) is 0 Å². The Balaban J connectivity index is 1.44. The van der Waals surface area contributed by atoms with Crippen LogP contribution in [0.1, 0.15) is 49.6 Å². The summed E-state index contributed by atoms with van der Waals surface area (Å²) in [4.78, 5) is 27.3. The lowest BCUT2D eigenvalue weighted by atomic mass is 10.0. The Hall–Kier alpha value is -4.54. The summed E-state index contributed by atoms with van der Waals surface area (Å²) in [5.74, 6) is -1.01. The molecule has 10 heteroatoms. The zero-order chi connectivity index (χ0) is 30.2. The molecule has 0 radical (unpaired) electrons. The summed E-state index contributed by atoms with van der Waals surface area (Å²) in [6, 6.07) is 20.9. The molecule has 2 atom stereocenters. The number of carbonyl (C=O) groups excluding carboxylic acids is 1. The third-order valence-corrected chi connectivity index (χ3v) is 6.82. The largest absolute Gasteiger partial charge is 0.461 e. The second-order valence-electron chi connectivity index (χ2n) is 10.2. The van der Waals surface area contributed by atoms with Gasteiger partial charge in [-0.2, -0.15) is 0 Å². The maximum atomic E-state index is 13.7. The number of ether oxygens (including phenoxy) is 1. The first-order chi connectivity index (χ1) is 20.1. The standard InChI is InChI=1S/C32H33FN2O7/c1-21(2)34-29-10-6-5-9-28(29)32(22-11-13-25(33)14-12-22)30(34)16-15-26(36)17-27(37)18-31(38)41-19-23-7-3-4-8-24(23)20-42-35(39)40/h3-16,21,26-27,36-37H,17-20H2,1-2H3/t26-,27-/m0/s1. The van der Waals surface area contributed by atoms with Gasteiger partial charge in [-0.05, 0) is 54.8 Å². The molecule has 0 aliphatic carbocycles. The Morgan fingerprint density at radius 3 is 2.31 bits per heavy atom. The first-order valence-corrected chi connectivity index (χ1v) is 13.6. The van der Waals surface area contributed by atoms with Gasteiger partial charge in [0.25, 0.3) is 5.09 Å². The van der Waals surface area contributed by atoms with Crippen molar-refractivity contribution in [1.29, 1.82) is 0 Å². The fraction of sp³-hybridized carbons (Fsp3) is 0.281. The van der Waals surface area contributed by atoms with Crippen LogP contribution in [0, 0.1) is 15.9 Å². The lowest BCUT2D eigenvalue weighted by Gasteiger charge is -2.15. The quantitative estimate of drug-likeness (QED) is 0.114. The summed E-state index contributed by atoms with van der Waals surface area (Å²) in [7, 11) is 0. The number of aliphatic hydroxyl groups is 2. The van der Waals surface area contributed by atoms with E-state index in [1.54, 1.807) is 48.6 Å². The molecule has 0 saturated heterocycles. The van der Waals surface area contributed by atoms with Crippen molar-refractivity contribution in [3.63, 3.8) is 0 Å². The molecule has 0 saturated carbocycles. The average molecular weight is 577 g/mol. The van der Waals surface area contributed by atoms with E-state index in [4.69, 9.17) is 4.74 Å². The van der Waals surface area contributed by atoms with Crippen molar-refractivity contribution in [2.75, 3.05) is 0 Å². The van der Waals surface area contributed by atoms with E-state index in [2.05, 4.69) is 23.3 Å². The first-order valence-electron chi connectivity index (χ1n) is 13.6. The number of esters is 1. The highest BCUT2D eigenvalue weighted by molar-refractivity contribution is 6.01. The molecular formula is C32H33FN2O7. The Bertz CT molecular complexity index is 1560. The van der Waals surface area contributed by atoms with Crippen LogP contribution in [0.5, 0.6) is 0 Å². The number of aromatic nitrogens is 1. The van der Waals surface area contributed by atoms with Gasteiger partial charge in [-0.25, -0.2) is 4.39 Å². The van der Waals surface area contributed by atoms with Crippen molar-refractivity contribution in [1.82, 2.24) is 4.57 Å². The number of benzene rings is 3. The van der Waals surface area contributed by atoms with E-state index in [1.165, 1.54) is 12.1 Å². The summed E-state index contributed by atoms with van der Waals surface area (Å²) in [6.07, 6.45) is 0.682. The second-order valence-corrected chi connectivity index (χ2v) is 10.2. The van der Waals surface area contributed by atoms with Crippen LogP contribution in [0.4, 0.5) is 4.39 Å². The fourth-order valence-electron chi connectivity index (χ4n) is 4.94. The summed E-state index contributed by atoms with van der Waals surface area (Å²) in [5, 5.41) is 31.8. The van der Waals surface area contributed by atoms with E-state index in [-0.39, 0.29) is 37.9 Å². The smallest absolute Gasteiger partial charge is 0.308 e. The van der Waals surface area contributed by atoms with E-state index >= 15 is 0 Å². The molecule has 1 heterocycles. The second kappa shape index (κ2) is 13.9. The van der Waals surface area contributed by atoms with Crippen LogP contribution in [0.3, 0.4) is 0 Å². The molecule has 42 heavy (non-hydrogen) atoms. The molecule has 0 unspecified atom stereocenters. The first kappa shape index (κ1) is 30.4. The van der Waals surface area contributed by atoms with Crippen LogP contribution in [0.25, 0.3) is 28.1 Å². The number of fused-ring (bicyclic) bond motifs is 1. The van der Waals surface area contributed by atoms with Gasteiger partial charge in [0, 0.05) is 34.6 Å². The van der Waals surface area contributed by atoms with Gasteiger partial charge in [0.05, 0.1) is 18.6 Å². The summed E-state index contributed by atoms with van der Waals surface area (Å²) in [5.41, 5.74) is 4.59. The highest BCUT2D eigenvalue weighted by Gasteiger charge is 2.20. The Morgan fingerprint density at radius 2 is 1.64 bits per heavy atom. The number of rotatable bonds is 13. The number of hydrogen-bond donors (Lipinski definition) is 2. The molecule has 0 fully saturated rings.